The zero-order valence-electron chi connectivity index (χ0n) is 14.3. The van der Waals surface area contributed by atoms with Crippen molar-refractivity contribution in [3.05, 3.63) is 47.4 Å². The Kier molecular flexibility index (Phi) is 6.60. The molecule has 0 unspecified atom stereocenters. The van der Waals surface area contributed by atoms with Crippen LogP contribution in [0, 0.1) is 12.8 Å². The number of carbonyl (C=O) groups excluding carboxylic acids is 1. The van der Waals surface area contributed by atoms with Gasteiger partial charge in [-0.2, -0.15) is 0 Å². The van der Waals surface area contributed by atoms with Crippen molar-refractivity contribution in [1.82, 2.24) is 0 Å². The maximum Gasteiger partial charge on any atom is 0.185 e. The van der Waals surface area contributed by atoms with Crippen molar-refractivity contribution in [3.63, 3.8) is 0 Å². The summed E-state index contributed by atoms with van der Waals surface area (Å²) in [5, 5.41) is 0. The van der Waals surface area contributed by atoms with Gasteiger partial charge in [0.1, 0.15) is 5.76 Å². The van der Waals surface area contributed by atoms with Crippen LogP contribution >= 0.6 is 0 Å². The van der Waals surface area contributed by atoms with Gasteiger partial charge in [0.05, 0.1) is 0 Å². The van der Waals surface area contributed by atoms with Crippen LogP contribution < -0.4 is 0 Å². The highest BCUT2D eigenvalue weighted by molar-refractivity contribution is 5.77. The molecule has 2 aromatic rings. The van der Waals surface area contributed by atoms with E-state index in [1.165, 1.54) is 5.56 Å². The van der Waals surface area contributed by atoms with Crippen molar-refractivity contribution in [2.24, 2.45) is 5.92 Å². The van der Waals surface area contributed by atoms with E-state index in [1.807, 2.05) is 12.1 Å². The molecule has 1 aromatic carbocycles. The van der Waals surface area contributed by atoms with Crippen LogP contribution in [0.3, 0.4) is 0 Å². The summed E-state index contributed by atoms with van der Waals surface area (Å²) in [6.07, 6.45) is 3.57. The minimum absolute atomic E-state index is 0.386. The lowest BCUT2D eigenvalue weighted by molar-refractivity contribution is 0.101. The monoisotopic (exact) mass is 314 g/mol. The summed E-state index contributed by atoms with van der Waals surface area (Å²) in [5.74, 6) is 1.85. The average Bonchev–Trinajstić information content (AvgIpc) is 2.97. The van der Waals surface area contributed by atoms with Crippen molar-refractivity contribution in [3.8, 4) is 11.1 Å². The summed E-state index contributed by atoms with van der Waals surface area (Å²) in [6, 6.07) is 10.1. The molecule has 0 amide bonds. The van der Waals surface area contributed by atoms with Gasteiger partial charge in [-0.3, -0.25) is 4.79 Å². The Labute approximate surface area is 138 Å². The van der Waals surface area contributed by atoms with Gasteiger partial charge >= 0.3 is 0 Å². The Balaban J connectivity index is 2.01. The molecule has 0 saturated carbocycles. The number of hydrogen-bond donors (Lipinski definition) is 0. The first-order valence-corrected chi connectivity index (χ1v) is 8.36. The van der Waals surface area contributed by atoms with Crippen LogP contribution in [-0.4, -0.2) is 19.5 Å². The number of aldehydes is 1. The molecule has 0 saturated heterocycles. The highest BCUT2D eigenvalue weighted by Gasteiger charge is 2.13. The van der Waals surface area contributed by atoms with Crippen LogP contribution in [0.25, 0.3) is 11.1 Å². The summed E-state index contributed by atoms with van der Waals surface area (Å²) in [6.45, 7) is 7.95. The lowest BCUT2D eigenvalue weighted by Gasteiger charge is -2.09. The summed E-state index contributed by atoms with van der Waals surface area (Å²) >= 11 is 0. The van der Waals surface area contributed by atoms with Crippen LogP contribution in [0.15, 0.2) is 34.7 Å². The van der Waals surface area contributed by atoms with Gasteiger partial charge in [0.2, 0.25) is 0 Å². The zero-order valence-corrected chi connectivity index (χ0v) is 14.3. The number of hydrogen-bond acceptors (Lipinski definition) is 3. The minimum Gasteiger partial charge on any atom is -0.458 e. The Bertz CT molecular complexity index is 628. The van der Waals surface area contributed by atoms with E-state index in [9.17, 15) is 4.79 Å². The molecule has 0 N–H and O–H groups in total. The topological polar surface area (TPSA) is 39.4 Å². The fourth-order valence-corrected chi connectivity index (χ4v) is 2.49. The molecular weight excluding hydrogens is 288 g/mol. The van der Waals surface area contributed by atoms with Crippen LogP contribution in [0.4, 0.5) is 0 Å². The highest BCUT2D eigenvalue weighted by atomic mass is 16.5. The molecule has 0 radical (unpaired) electrons. The van der Waals surface area contributed by atoms with Crippen LogP contribution in [0.5, 0.6) is 0 Å². The molecule has 0 fully saturated rings. The number of rotatable bonds is 9. The molecular formula is C20H26O3. The third kappa shape index (κ3) is 5.07. The second-order valence-corrected chi connectivity index (χ2v) is 6.16. The molecule has 1 atom stereocenters. The second-order valence-electron chi connectivity index (χ2n) is 6.16. The smallest absolute Gasteiger partial charge is 0.185 e. The van der Waals surface area contributed by atoms with Gasteiger partial charge in [0.15, 0.2) is 12.0 Å². The third-order valence-electron chi connectivity index (χ3n) is 4.07. The molecule has 23 heavy (non-hydrogen) atoms. The van der Waals surface area contributed by atoms with Gasteiger partial charge in [-0.25, -0.2) is 0 Å². The van der Waals surface area contributed by atoms with Crippen LogP contribution in [-0.2, 0) is 11.2 Å². The van der Waals surface area contributed by atoms with Gasteiger partial charge in [-0.05, 0) is 30.9 Å². The predicted molar refractivity (Wildman–Crippen MR) is 92.9 cm³/mol. The lowest BCUT2D eigenvalue weighted by Crippen LogP contribution is -2.06. The van der Waals surface area contributed by atoms with E-state index in [0.717, 1.165) is 49.0 Å². The highest BCUT2D eigenvalue weighted by Crippen LogP contribution is 2.28. The first-order chi connectivity index (χ1) is 11.1. The van der Waals surface area contributed by atoms with Crippen molar-refractivity contribution in [2.75, 3.05) is 13.2 Å². The first kappa shape index (κ1) is 17.5. The van der Waals surface area contributed by atoms with E-state index < -0.39 is 0 Å². The van der Waals surface area contributed by atoms with Gasteiger partial charge in [-0.1, -0.05) is 50.1 Å². The Morgan fingerprint density at radius 2 is 2.13 bits per heavy atom. The molecule has 1 aromatic heterocycles. The summed E-state index contributed by atoms with van der Waals surface area (Å²) in [5.41, 5.74) is 3.30. The van der Waals surface area contributed by atoms with E-state index in [1.54, 1.807) is 0 Å². The molecule has 0 spiro atoms. The van der Waals surface area contributed by atoms with Crippen molar-refractivity contribution < 1.29 is 13.9 Å². The third-order valence-corrected chi connectivity index (χ3v) is 4.07. The quantitative estimate of drug-likeness (QED) is 0.479. The van der Waals surface area contributed by atoms with E-state index >= 15 is 0 Å². The van der Waals surface area contributed by atoms with E-state index in [0.29, 0.717) is 18.3 Å². The number of benzene rings is 1. The van der Waals surface area contributed by atoms with E-state index in [2.05, 4.69) is 39.0 Å². The maximum absolute atomic E-state index is 11.0. The van der Waals surface area contributed by atoms with Gasteiger partial charge in [-0.15, -0.1) is 0 Å². The lowest BCUT2D eigenvalue weighted by atomic mass is 10.0. The fourth-order valence-electron chi connectivity index (χ4n) is 2.49. The minimum atomic E-state index is 0.386. The molecule has 3 heteroatoms. The largest absolute Gasteiger partial charge is 0.458 e. The van der Waals surface area contributed by atoms with Crippen molar-refractivity contribution >= 4 is 6.29 Å². The van der Waals surface area contributed by atoms with Crippen molar-refractivity contribution in [2.45, 2.75) is 40.0 Å². The number of furan rings is 1. The average molecular weight is 314 g/mol. The molecule has 2 rings (SSSR count). The van der Waals surface area contributed by atoms with Crippen LogP contribution in [0.1, 0.15) is 48.6 Å². The predicted octanol–water partition coefficient (Wildman–Crippen LogP) is 5.06. The van der Waals surface area contributed by atoms with Gasteiger partial charge in [0, 0.05) is 25.2 Å². The zero-order chi connectivity index (χ0) is 16.7. The number of ether oxygens (including phenoxy) is 1. The van der Waals surface area contributed by atoms with E-state index in [-0.39, 0.29) is 0 Å². The summed E-state index contributed by atoms with van der Waals surface area (Å²) in [4.78, 5) is 11.0. The first-order valence-electron chi connectivity index (χ1n) is 8.36. The van der Waals surface area contributed by atoms with Gasteiger partial charge in [0.25, 0.3) is 0 Å². The second kappa shape index (κ2) is 8.68. The van der Waals surface area contributed by atoms with Gasteiger partial charge < -0.3 is 9.15 Å². The number of carbonyl (C=O) groups is 1. The molecule has 3 nitrogen and oxygen atoms in total. The SMILES string of the molecule is CC[C@@H](C)COCCCc1oc(C=O)cc1-c1cccc(C)c1. The molecule has 1 heterocycles. The Hall–Kier alpha value is -1.87. The van der Waals surface area contributed by atoms with E-state index in [4.69, 9.17) is 9.15 Å². The fraction of sp³-hybridized carbons (Fsp3) is 0.450. The normalized spacial score (nSPS) is 12.3. The number of aryl methyl sites for hydroxylation is 2. The molecule has 0 bridgehead atoms. The molecule has 0 aliphatic rings. The molecule has 0 aliphatic carbocycles. The van der Waals surface area contributed by atoms with Crippen LogP contribution in [0.2, 0.25) is 0 Å². The Morgan fingerprint density at radius 3 is 2.83 bits per heavy atom. The molecule has 0 aliphatic heterocycles. The van der Waals surface area contributed by atoms with Crippen molar-refractivity contribution in [1.29, 1.82) is 0 Å². The summed E-state index contributed by atoms with van der Waals surface area (Å²) < 4.78 is 11.4. The maximum atomic E-state index is 11.0. The summed E-state index contributed by atoms with van der Waals surface area (Å²) in [7, 11) is 0. The Morgan fingerprint density at radius 1 is 1.30 bits per heavy atom. The standard InChI is InChI=1S/C20H26O3/c1-4-15(2)14-22-10-6-9-20-19(12-18(13-21)23-20)17-8-5-7-16(3)11-17/h5,7-8,11-13,15H,4,6,9-10,14H2,1-3H3/t15-/m1/s1. The molecule has 124 valence electrons.